The van der Waals surface area contributed by atoms with Crippen molar-refractivity contribution >= 4 is 29.3 Å². The van der Waals surface area contributed by atoms with Gasteiger partial charge < -0.3 is 19.6 Å². The van der Waals surface area contributed by atoms with E-state index >= 15 is 0 Å². The Kier molecular flexibility index (Phi) is 2.29. The van der Waals surface area contributed by atoms with E-state index in [4.69, 9.17) is 21.7 Å². The van der Waals surface area contributed by atoms with Gasteiger partial charge in [-0.25, -0.2) is 4.79 Å². The van der Waals surface area contributed by atoms with Gasteiger partial charge in [-0.15, -0.1) is 0 Å². The van der Waals surface area contributed by atoms with Gasteiger partial charge in [-0.05, 0) is 29.9 Å². The second kappa shape index (κ2) is 3.48. The van der Waals surface area contributed by atoms with Crippen LogP contribution in [0.15, 0.2) is 22.6 Å². The zero-order chi connectivity index (χ0) is 11.0. The Bertz CT molecular complexity index is 571. The maximum atomic E-state index is 10.5. The lowest BCUT2D eigenvalue weighted by atomic mass is 10.1. The molecule has 78 valence electrons. The molecule has 1 unspecified atom stereocenters. The van der Waals surface area contributed by atoms with Gasteiger partial charge >= 0.3 is 5.97 Å². The molecular weight excluding hydrogens is 218 g/mol. The highest BCUT2D eigenvalue weighted by Crippen LogP contribution is 2.20. The second-order valence-corrected chi connectivity index (χ2v) is 3.38. The molecule has 0 spiro atoms. The number of aliphatic hydroxyl groups excluding tert-OH is 1. The van der Waals surface area contributed by atoms with Crippen LogP contribution in [0, 0.1) is 4.84 Å². The van der Waals surface area contributed by atoms with E-state index in [2.05, 4.69) is 4.98 Å². The largest absolute Gasteiger partial charge is 0.479 e. The van der Waals surface area contributed by atoms with E-state index in [1.807, 2.05) is 0 Å². The zero-order valence-electron chi connectivity index (χ0n) is 7.43. The van der Waals surface area contributed by atoms with Crippen molar-refractivity contribution in [3.8, 4) is 0 Å². The molecule has 5 nitrogen and oxygen atoms in total. The van der Waals surface area contributed by atoms with Gasteiger partial charge in [0.25, 0.3) is 4.84 Å². The summed E-state index contributed by atoms with van der Waals surface area (Å²) in [5.74, 6) is -1.29. The summed E-state index contributed by atoms with van der Waals surface area (Å²) in [5.41, 5.74) is 1.38. The lowest BCUT2D eigenvalue weighted by Crippen LogP contribution is -2.10. The van der Waals surface area contributed by atoms with Crippen LogP contribution in [0.5, 0.6) is 0 Å². The van der Waals surface area contributed by atoms with Crippen LogP contribution in [-0.2, 0) is 4.79 Å². The van der Waals surface area contributed by atoms with Gasteiger partial charge in [0.2, 0.25) is 0 Å². The Labute approximate surface area is 89.0 Å². The predicted molar refractivity (Wildman–Crippen MR) is 54.0 cm³/mol. The number of H-pyrrole nitrogens is 1. The van der Waals surface area contributed by atoms with Crippen LogP contribution in [-0.4, -0.2) is 21.2 Å². The number of oxazole rings is 1. The summed E-state index contributed by atoms with van der Waals surface area (Å²) in [6.07, 6.45) is -1.54. The topological polar surface area (TPSA) is 86.5 Å². The first-order valence-corrected chi connectivity index (χ1v) is 4.52. The number of nitrogens with one attached hydrogen (secondary N) is 1. The fourth-order valence-electron chi connectivity index (χ4n) is 1.28. The minimum Gasteiger partial charge on any atom is -0.479 e. The maximum absolute atomic E-state index is 10.5. The summed E-state index contributed by atoms with van der Waals surface area (Å²) in [5, 5.41) is 17.9. The van der Waals surface area contributed by atoms with E-state index < -0.39 is 12.1 Å². The van der Waals surface area contributed by atoms with E-state index in [-0.39, 0.29) is 10.4 Å². The van der Waals surface area contributed by atoms with Gasteiger partial charge in [0.05, 0.1) is 5.52 Å². The van der Waals surface area contributed by atoms with Gasteiger partial charge in [0.1, 0.15) is 0 Å². The number of aromatic amines is 1. The smallest absolute Gasteiger partial charge is 0.337 e. The number of rotatable bonds is 2. The van der Waals surface area contributed by atoms with Crippen LogP contribution in [0.3, 0.4) is 0 Å². The van der Waals surface area contributed by atoms with E-state index in [9.17, 15) is 9.90 Å². The molecule has 0 aliphatic carbocycles. The summed E-state index contributed by atoms with van der Waals surface area (Å²) >= 11 is 4.77. The quantitative estimate of drug-likeness (QED) is 0.676. The molecule has 0 aliphatic rings. The SMILES string of the molecule is O=C(O)C(O)c1ccc2oc(=S)[nH]c2c1. The van der Waals surface area contributed by atoms with E-state index in [0.717, 1.165) is 0 Å². The molecule has 2 rings (SSSR count). The van der Waals surface area contributed by atoms with Gasteiger partial charge in [0.15, 0.2) is 11.7 Å². The highest BCUT2D eigenvalue weighted by molar-refractivity contribution is 7.71. The Hall–Kier alpha value is -1.66. The van der Waals surface area contributed by atoms with E-state index in [1.54, 1.807) is 6.07 Å². The van der Waals surface area contributed by atoms with Crippen molar-refractivity contribution in [3.63, 3.8) is 0 Å². The molecule has 2 aromatic rings. The predicted octanol–water partition coefficient (Wildman–Crippen LogP) is 1.61. The molecule has 1 atom stereocenters. The Morgan fingerprint density at radius 3 is 2.93 bits per heavy atom. The molecule has 0 amide bonds. The standard InChI is InChI=1S/C9H7NO4S/c11-7(8(12)13)4-1-2-6-5(3-4)10-9(15)14-6/h1-3,7,11H,(H,10,15)(H,12,13). The van der Waals surface area contributed by atoms with Gasteiger partial charge in [-0.2, -0.15) is 0 Å². The van der Waals surface area contributed by atoms with Crippen molar-refractivity contribution in [1.29, 1.82) is 0 Å². The number of carbonyl (C=O) groups is 1. The molecule has 1 aromatic carbocycles. The third kappa shape index (κ3) is 1.77. The Balaban J connectivity index is 2.55. The minimum atomic E-state index is -1.54. The van der Waals surface area contributed by atoms with Crippen LogP contribution in [0.2, 0.25) is 0 Å². The maximum Gasteiger partial charge on any atom is 0.337 e. The third-order valence-electron chi connectivity index (χ3n) is 1.99. The molecule has 3 N–H and O–H groups in total. The van der Waals surface area contributed by atoms with Crippen molar-refractivity contribution in [2.24, 2.45) is 0 Å². The van der Waals surface area contributed by atoms with Crippen molar-refractivity contribution in [1.82, 2.24) is 4.98 Å². The third-order valence-corrected chi connectivity index (χ3v) is 2.18. The first kappa shape index (κ1) is 9.88. The second-order valence-electron chi connectivity index (χ2n) is 3.01. The number of fused-ring (bicyclic) bond motifs is 1. The first-order chi connectivity index (χ1) is 7.08. The van der Waals surface area contributed by atoms with Crippen molar-refractivity contribution in [3.05, 3.63) is 28.6 Å². The lowest BCUT2D eigenvalue weighted by molar-refractivity contribution is -0.146. The summed E-state index contributed by atoms with van der Waals surface area (Å²) in [7, 11) is 0. The number of aliphatic carboxylic acids is 1. The minimum absolute atomic E-state index is 0.215. The summed E-state index contributed by atoms with van der Waals surface area (Å²) < 4.78 is 5.09. The van der Waals surface area contributed by atoms with Crippen molar-refractivity contribution in [2.45, 2.75) is 6.10 Å². The number of aliphatic hydroxyl groups is 1. The first-order valence-electron chi connectivity index (χ1n) is 4.11. The molecule has 0 aliphatic heterocycles. The summed E-state index contributed by atoms with van der Waals surface area (Å²) in [6.45, 7) is 0. The fraction of sp³-hybridized carbons (Fsp3) is 0.111. The normalized spacial score (nSPS) is 12.9. The number of hydrogen-bond acceptors (Lipinski definition) is 4. The van der Waals surface area contributed by atoms with Crippen molar-refractivity contribution < 1.29 is 19.4 Å². The molecule has 0 saturated heterocycles. The van der Waals surface area contributed by atoms with Gasteiger partial charge in [-0.1, -0.05) is 6.07 Å². The van der Waals surface area contributed by atoms with Crippen LogP contribution >= 0.6 is 12.2 Å². The molecule has 0 radical (unpaired) electrons. The highest BCUT2D eigenvalue weighted by atomic mass is 32.1. The molecule has 0 fully saturated rings. The molecule has 0 bridgehead atoms. The van der Waals surface area contributed by atoms with Gasteiger partial charge in [-0.3, -0.25) is 0 Å². The zero-order valence-corrected chi connectivity index (χ0v) is 8.25. The number of hydrogen-bond donors (Lipinski definition) is 3. The molecular formula is C9H7NO4S. The lowest BCUT2D eigenvalue weighted by Gasteiger charge is -2.04. The van der Waals surface area contributed by atoms with E-state index in [0.29, 0.717) is 11.1 Å². The number of carboxylic acids is 1. The molecule has 0 saturated carbocycles. The highest BCUT2D eigenvalue weighted by Gasteiger charge is 2.16. The van der Waals surface area contributed by atoms with Gasteiger partial charge in [0, 0.05) is 0 Å². The molecule has 1 heterocycles. The fourth-order valence-corrected chi connectivity index (χ4v) is 1.48. The Morgan fingerprint density at radius 1 is 1.53 bits per heavy atom. The number of aromatic nitrogens is 1. The Morgan fingerprint density at radius 2 is 2.27 bits per heavy atom. The van der Waals surface area contributed by atoms with Crippen LogP contribution in [0.1, 0.15) is 11.7 Å². The molecule has 6 heteroatoms. The average Bonchev–Trinajstić information content (AvgIpc) is 2.55. The van der Waals surface area contributed by atoms with Crippen molar-refractivity contribution in [2.75, 3.05) is 0 Å². The average molecular weight is 225 g/mol. The van der Waals surface area contributed by atoms with Crippen LogP contribution in [0.4, 0.5) is 0 Å². The molecule has 15 heavy (non-hydrogen) atoms. The van der Waals surface area contributed by atoms with E-state index in [1.165, 1.54) is 12.1 Å². The van der Waals surface area contributed by atoms with Crippen LogP contribution in [0.25, 0.3) is 11.1 Å². The number of benzene rings is 1. The van der Waals surface area contributed by atoms with Crippen LogP contribution < -0.4 is 0 Å². The monoisotopic (exact) mass is 225 g/mol. The summed E-state index contributed by atoms with van der Waals surface area (Å²) in [6, 6.07) is 4.53. The molecule has 1 aromatic heterocycles. The summed E-state index contributed by atoms with van der Waals surface area (Å²) in [4.78, 5) is 13.5. The number of carboxylic acid groups (broad SMARTS) is 1.